The largest absolute Gasteiger partial charge is 0.872 e. The van der Waals surface area contributed by atoms with Crippen LogP contribution in [0.2, 0.25) is 0 Å². The van der Waals surface area contributed by atoms with E-state index in [9.17, 15) is 15.2 Å². The second-order valence-electron chi connectivity index (χ2n) is 4.40. The Hall–Kier alpha value is -2.54. The summed E-state index contributed by atoms with van der Waals surface area (Å²) in [5, 5.41) is 23.1. The number of hydrogen-bond acceptors (Lipinski definition) is 5. The van der Waals surface area contributed by atoms with Gasteiger partial charge < -0.3 is 10.1 Å². The second-order valence-corrected chi connectivity index (χ2v) is 5.36. The Morgan fingerprint density at radius 3 is 2.81 bits per heavy atom. The fourth-order valence-corrected chi connectivity index (χ4v) is 2.80. The third-order valence-corrected chi connectivity index (χ3v) is 3.91. The average Bonchev–Trinajstić information content (AvgIpc) is 2.89. The van der Waals surface area contributed by atoms with Gasteiger partial charge in [0.25, 0.3) is 5.69 Å². The lowest BCUT2D eigenvalue weighted by atomic mass is 10.2. The van der Waals surface area contributed by atoms with Crippen molar-refractivity contribution in [3.63, 3.8) is 0 Å². The molecule has 1 N–H and O–H groups in total. The fraction of sp³-hybridized carbons (Fsp3) is 0.0714. The van der Waals surface area contributed by atoms with E-state index in [1.54, 1.807) is 0 Å². The Bertz CT molecular complexity index is 783. The molecule has 0 aliphatic heterocycles. The van der Waals surface area contributed by atoms with Crippen LogP contribution < -0.4 is 5.11 Å². The molecule has 0 radical (unpaired) electrons. The monoisotopic (exact) mass is 300 g/mol. The van der Waals surface area contributed by atoms with Gasteiger partial charge in [0, 0.05) is 17.9 Å². The molecule has 0 amide bonds. The maximum Gasteiger partial charge on any atom is 0.269 e. The lowest BCUT2D eigenvalue weighted by Crippen LogP contribution is -1.98. The molecule has 106 valence electrons. The number of imidazole rings is 1. The number of para-hydroxylation sites is 2. The summed E-state index contributed by atoms with van der Waals surface area (Å²) in [6.45, 7) is 0. The average molecular weight is 300 g/mol. The van der Waals surface area contributed by atoms with E-state index in [-0.39, 0.29) is 11.4 Å². The number of nitro benzene ring substituents is 1. The molecule has 0 aliphatic carbocycles. The number of hydrogen-bond donors (Lipinski definition) is 1. The quantitative estimate of drug-likeness (QED) is 0.454. The first-order chi connectivity index (χ1) is 10.1. The number of aromatic amines is 1. The molecular weight excluding hydrogens is 290 g/mol. The van der Waals surface area contributed by atoms with Crippen molar-refractivity contribution in [2.24, 2.45) is 0 Å². The number of nitrogens with one attached hydrogen (secondary N) is 1. The minimum absolute atomic E-state index is 0.0743. The van der Waals surface area contributed by atoms with Crippen LogP contribution in [0.4, 0.5) is 5.69 Å². The molecule has 0 bridgehead atoms. The van der Waals surface area contributed by atoms with Crippen LogP contribution >= 0.6 is 11.8 Å². The molecule has 3 rings (SSSR count). The minimum Gasteiger partial charge on any atom is -0.872 e. The highest BCUT2D eigenvalue weighted by Gasteiger charge is 2.08. The Morgan fingerprint density at radius 2 is 2.05 bits per heavy atom. The smallest absolute Gasteiger partial charge is 0.269 e. The Kier molecular flexibility index (Phi) is 3.49. The molecule has 1 heterocycles. The first-order valence-electron chi connectivity index (χ1n) is 6.15. The lowest BCUT2D eigenvalue weighted by Gasteiger charge is -2.11. The molecule has 1 aromatic heterocycles. The molecule has 2 aromatic carbocycles. The van der Waals surface area contributed by atoms with Gasteiger partial charge in [0.05, 0.1) is 16.0 Å². The predicted molar refractivity (Wildman–Crippen MR) is 78.2 cm³/mol. The van der Waals surface area contributed by atoms with Crippen molar-refractivity contribution in [2.45, 2.75) is 10.9 Å². The summed E-state index contributed by atoms with van der Waals surface area (Å²) in [4.78, 5) is 17.8. The number of nitro groups is 1. The summed E-state index contributed by atoms with van der Waals surface area (Å²) in [5.41, 5.74) is 2.09. The topological polar surface area (TPSA) is 94.9 Å². The van der Waals surface area contributed by atoms with Crippen molar-refractivity contribution >= 4 is 28.5 Å². The Labute approximate surface area is 124 Å². The summed E-state index contributed by atoms with van der Waals surface area (Å²) in [6.07, 6.45) is 0. The predicted octanol–water partition coefficient (Wildman–Crippen LogP) is 2.84. The van der Waals surface area contributed by atoms with Crippen molar-refractivity contribution in [2.75, 3.05) is 0 Å². The van der Waals surface area contributed by atoms with E-state index in [0.29, 0.717) is 16.5 Å². The Balaban J connectivity index is 1.80. The molecule has 0 unspecified atom stereocenters. The van der Waals surface area contributed by atoms with Gasteiger partial charge in [-0.15, -0.1) is 5.75 Å². The highest BCUT2D eigenvalue weighted by molar-refractivity contribution is 7.98. The zero-order chi connectivity index (χ0) is 14.8. The molecule has 0 saturated carbocycles. The summed E-state index contributed by atoms with van der Waals surface area (Å²) in [6, 6.07) is 11.4. The molecular formula is C14H10N3O3S-. The number of benzene rings is 2. The number of H-pyrrole nitrogens is 1. The van der Waals surface area contributed by atoms with Gasteiger partial charge in [-0.1, -0.05) is 30.0 Å². The number of fused-ring (bicyclic) bond motifs is 1. The van der Waals surface area contributed by atoms with Crippen LogP contribution in [0.5, 0.6) is 5.75 Å². The number of non-ortho nitro benzene ring substituents is 1. The summed E-state index contributed by atoms with van der Waals surface area (Å²) in [7, 11) is 0. The van der Waals surface area contributed by atoms with Crippen LogP contribution in [0.15, 0.2) is 47.6 Å². The van der Waals surface area contributed by atoms with Gasteiger partial charge in [-0.05, 0) is 17.7 Å². The minimum atomic E-state index is -0.505. The number of nitrogens with zero attached hydrogens (tertiary/aromatic N) is 2. The highest BCUT2D eigenvalue weighted by Crippen LogP contribution is 2.28. The maximum atomic E-state index is 11.7. The van der Waals surface area contributed by atoms with Crippen LogP contribution in [0, 0.1) is 10.1 Å². The number of aromatic nitrogens is 2. The van der Waals surface area contributed by atoms with Crippen LogP contribution in [0.1, 0.15) is 5.56 Å². The van der Waals surface area contributed by atoms with Gasteiger partial charge >= 0.3 is 0 Å². The number of rotatable bonds is 4. The molecule has 0 aliphatic rings. The van der Waals surface area contributed by atoms with Gasteiger partial charge in [0.15, 0.2) is 5.16 Å². The molecule has 0 fully saturated rings. The fourth-order valence-electron chi connectivity index (χ4n) is 1.94. The SMILES string of the molecule is O=[N+]([O-])c1ccc([O-])c(CSc2nc3ccccc3[nH]2)c1. The number of thioether (sulfide) groups is 1. The van der Waals surface area contributed by atoms with E-state index in [2.05, 4.69) is 9.97 Å². The molecule has 0 saturated heterocycles. The molecule has 21 heavy (non-hydrogen) atoms. The van der Waals surface area contributed by atoms with Crippen LogP contribution in [-0.2, 0) is 5.75 Å². The zero-order valence-corrected chi connectivity index (χ0v) is 11.6. The standard InChI is InChI=1S/C14H11N3O3S/c18-13-6-5-10(17(19)20)7-9(13)8-21-14-15-11-3-1-2-4-12(11)16-14/h1-7,18H,8H2,(H,15,16)/p-1. The van der Waals surface area contributed by atoms with Crippen molar-refractivity contribution < 1.29 is 10.0 Å². The van der Waals surface area contributed by atoms with E-state index in [1.165, 1.54) is 30.0 Å². The van der Waals surface area contributed by atoms with E-state index < -0.39 is 4.92 Å². The lowest BCUT2D eigenvalue weighted by molar-refractivity contribution is -0.385. The summed E-state index contributed by atoms with van der Waals surface area (Å²) < 4.78 is 0. The summed E-state index contributed by atoms with van der Waals surface area (Å²) >= 11 is 1.34. The van der Waals surface area contributed by atoms with Gasteiger partial charge in [0.2, 0.25) is 0 Å². The van der Waals surface area contributed by atoms with Crippen molar-refractivity contribution in [3.8, 4) is 5.75 Å². The van der Waals surface area contributed by atoms with Crippen LogP contribution in [-0.4, -0.2) is 14.9 Å². The summed E-state index contributed by atoms with van der Waals surface area (Å²) in [5.74, 6) is 0.129. The van der Waals surface area contributed by atoms with Gasteiger partial charge in [-0.25, -0.2) is 4.98 Å². The molecule has 7 heteroatoms. The highest BCUT2D eigenvalue weighted by atomic mass is 32.2. The molecule has 0 spiro atoms. The first kappa shape index (κ1) is 13.4. The van der Waals surface area contributed by atoms with E-state index in [0.717, 1.165) is 11.0 Å². The zero-order valence-electron chi connectivity index (χ0n) is 10.8. The van der Waals surface area contributed by atoms with Crippen molar-refractivity contribution in [1.29, 1.82) is 0 Å². The van der Waals surface area contributed by atoms with Crippen LogP contribution in [0.25, 0.3) is 11.0 Å². The van der Waals surface area contributed by atoms with Crippen molar-refractivity contribution in [3.05, 3.63) is 58.1 Å². The van der Waals surface area contributed by atoms with Gasteiger partial charge in [-0.3, -0.25) is 10.1 Å². The van der Waals surface area contributed by atoms with E-state index >= 15 is 0 Å². The van der Waals surface area contributed by atoms with E-state index in [4.69, 9.17) is 0 Å². The van der Waals surface area contributed by atoms with Gasteiger partial charge in [0.1, 0.15) is 0 Å². The second kappa shape index (κ2) is 5.45. The first-order valence-corrected chi connectivity index (χ1v) is 7.14. The van der Waals surface area contributed by atoms with E-state index in [1.807, 2.05) is 24.3 Å². The van der Waals surface area contributed by atoms with Crippen molar-refractivity contribution in [1.82, 2.24) is 9.97 Å². The third kappa shape index (κ3) is 2.82. The normalized spacial score (nSPS) is 10.9. The van der Waals surface area contributed by atoms with Crippen LogP contribution in [0.3, 0.4) is 0 Å². The molecule has 3 aromatic rings. The maximum absolute atomic E-state index is 11.7. The Morgan fingerprint density at radius 1 is 1.24 bits per heavy atom. The molecule has 0 atom stereocenters. The third-order valence-electron chi connectivity index (χ3n) is 2.99. The van der Waals surface area contributed by atoms with Gasteiger partial charge in [-0.2, -0.15) is 0 Å². The molecule has 6 nitrogen and oxygen atoms in total.